The number of benzene rings is 1. The van der Waals surface area contributed by atoms with Crippen molar-refractivity contribution in [2.24, 2.45) is 0 Å². The Morgan fingerprint density at radius 3 is 2.91 bits per heavy atom. The standard InChI is InChI=1S/C23H28N6O2S/c1-31-12-11-28-14-18(22-24-10-13-32-22)20(15-28)25-23(30)26-21-17-8-5-9-19(17)27-29(21)16-6-3-2-4-7-16/h2-4,6-7,10,13,18,20H,5,8-9,11-12,14-15H2,1H3,(H2,25,26,30)/t18-,20?/m1/s1. The van der Waals surface area contributed by atoms with E-state index in [9.17, 15) is 4.79 Å². The molecule has 2 N–H and O–H groups in total. The van der Waals surface area contributed by atoms with Gasteiger partial charge in [0.05, 0.1) is 29.0 Å². The van der Waals surface area contributed by atoms with Crippen molar-refractivity contribution in [1.82, 2.24) is 25.0 Å². The van der Waals surface area contributed by atoms with Gasteiger partial charge in [0.25, 0.3) is 0 Å². The molecule has 2 atom stereocenters. The van der Waals surface area contributed by atoms with Crippen molar-refractivity contribution in [2.45, 2.75) is 31.2 Å². The fraction of sp³-hybridized carbons (Fsp3) is 0.435. The molecule has 2 aromatic heterocycles. The molecule has 1 aromatic carbocycles. The number of aromatic nitrogens is 3. The number of para-hydroxylation sites is 1. The monoisotopic (exact) mass is 452 g/mol. The Hall–Kier alpha value is -2.75. The summed E-state index contributed by atoms with van der Waals surface area (Å²) in [5.74, 6) is 0.948. The molecule has 3 heterocycles. The lowest BCUT2D eigenvalue weighted by molar-refractivity contribution is 0.159. The van der Waals surface area contributed by atoms with Crippen molar-refractivity contribution in [3.63, 3.8) is 0 Å². The van der Waals surface area contributed by atoms with Gasteiger partial charge in [0.15, 0.2) is 0 Å². The fourth-order valence-corrected chi connectivity index (χ4v) is 5.49. The molecule has 1 unspecified atom stereocenters. The van der Waals surface area contributed by atoms with E-state index in [1.807, 2.05) is 46.6 Å². The molecule has 2 aliphatic rings. The third-order valence-electron chi connectivity index (χ3n) is 6.23. The van der Waals surface area contributed by atoms with Crippen molar-refractivity contribution in [3.8, 4) is 5.69 Å². The molecule has 1 fully saturated rings. The maximum absolute atomic E-state index is 13.2. The molecule has 0 radical (unpaired) electrons. The molecule has 1 saturated heterocycles. The molecular weight excluding hydrogens is 424 g/mol. The normalized spacial score (nSPS) is 20.4. The van der Waals surface area contributed by atoms with Gasteiger partial charge < -0.3 is 10.1 Å². The van der Waals surface area contributed by atoms with Gasteiger partial charge in [-0.05, 0) is 31.4 Å². The Balaban J connectivity index is 1.34. The summed E-state index contributed by atoms with van der Waals surface area (Å²) in [5, 5.41) is 14.2. The summed E-state index contributed by atoms with van der Waals surface area (Å²) >= 11 is 1.64. The first-order valence-corrected chi connectivity index (χ1v) is 12.0. The summed E-state index contributed by atoms with van der Waals surface area (Å²) in [6.45, 7) is 3.15. The smallest absolute Gasteiger partial charge is 0.320 e. The van der Waals surface area contributed by atoms with Crippen molar-refractivity contribution < 1.29 is 9.53 Å². The number of aryl methyl sites for hydroxylation is 1. The van der Waals surface area contributed by atoms with E-state index in [4.69, 9.17) is 9.84 Å². The van der Waals surface area contributed by atoms with Crippen LogP contribution in [-0.4, -0.2) is 65.1 Å². The van der Waals surface area contributed by atoms with Crippen LogP contribution < -0.4 is 10.6 Å². The maximum atomic E-state index is 13.2. The van der Waals surface area contributed by atoms with Gasteiger partial charge >= 0.3 is 6.03 Å². The average molecular weight is 453 g/mol. The first-order valence-electron chi connectivity index (χ1n) is 11.1. The van der Waals surface area contributed by atoms with E-state index >= 15 is 0 Å². The van der Waals surface area contributed by atoms with Crippen molar-refractivity contribution in [2.75, 3.05) is 38.7 Å². The van der Waals surface area contributed by atoms with E-state index in [0.717, 1.165) is 66.7 Å². The lowest BCUT2D eigenvalue weighted by Crippen LogP contribution is -2.42. The number of amides is 2. The molecule has 32 heavy (non-hydrogen) atoms. The van der Waals surface area contributed by atoms with E-state index < -0.39 is 0 Å². The van der Waals surface area contributed by atoms with Crippen molar-refractivity contribution in [3.05, 3.63) is 58.2 Å². The number of methoxy groups -OCH3 is 1. The second kappa shape index (κ2) is 9.40. The van der Waals surface area contributed by atoms with E-state index in [1.165, 1.54) is 0 Å². The lowest BCUT2D eigenvalue weighted by atomic mass is 10.1. The van der Waals surface area contributed by atoms with E-state index in [-0.39, 0.29) is 18.0 Å². The van der Waals surface area contributed by atoms with Gasteiger partial charge in [-0.2, -0.15) is 5.10 Å². The number of thiazole rings is 1. The summed E-state index contributed by atoms with van der Waals surface area (Å²) in [6, 6.07) is 9.75. The molecule has 1 aliphatic carbocycles. The summed E-state index contributed by atoms with van der Waals surface area (Å²) in [5.41, 5.74) is 3.18. The molecule has 168 valence electrons. The van der Waals surface area contributed by atoms with Crippen LogP contribution in [0.3, 0.4) is 0 Å². The minimum Gasteiger partial charge on any atom is -0.383 e. The Morgan fingerprint density at radius 1 is 1.25 bits per heavy atom. The van der Waals surface area contributed by atoms with Crippen LogP contribution in [0.1, 0.15) is 28.6 Å². The SMILES string of the molecule is COCCN1CC(NC(=O)Nc2c3c(nn2-c2ccccc2)CCC3)[C@H](c2nccs2)C1. The molecule has 2 amide bonds. The summed E-state index contributed by atoms with van der Waals surface area (Å²) in [6.07, 6.45) is 4.80. The Bertz CT molecular complexity index is 1050. The number of hydrogen-bond donors (Lipinski definition) is 2. The van der Waals surface area contributed by atoms with Crippen LogP contribution in [0.2, 0.25) is 0 Å². The largest absolute Gasteiger partial charge is 0.383 e. The highest BCUT2D eigenvalue weighted by atomic mass is 32.1. The second-order valence-electron chi connectivity index (χ2n) is 8.31. The Kier molecular flexibility index (Phi) is 6.20. The number of anilines is 1. The van der Waals surface area contributed by atoms with Crippen LogP contribution in [0.4, 0.5) is 10.6 Å². The molecule has 0 bridgehead atoms. The summed E-state index contributed by atoms with van der Waals surface area (Å²) in [4.78, 5) is 20.0. The topological polar surface area (TPSA) is 84.3 Å². The zero-order valence-electron chi connectivity index (χ0n) is 18.2. The zero-order valence-corrected chi connectivity index (χ0v) is 19.0. The molecule has 3 aromatic rings. The second-order valence-corrected chi connectivity index (χ2v) is 9.24. The Labute approximate surface area is 191 Å². The summed E-state index contributed by atoms with van der Waals surface area (Å²) in [7, 11) is 1.71. The predicted octanol–water partition coefficient (Wildman–Crippen LogP) is 3.05. The van der Waals surface area contributed by atoms with Crippen molar-refractivity contribution >= 4 is 23.2 Å². The van der Waals surface area contributed by atoms with Crippen LogP contribution >= 0.6 is 11.3 Å². The molecule has 0 saturated carbocycles. The van der Waals surface area contributed by atoms with Gasteiger partial charge in [-0.15, -0.1) is 11.3 Å². The van der Waals surface area contributed by atoms with E-state index in [2.05, 4.69) is 20.5 Å². The van der Waals surface area contributed by atoms with Crippen LogP contribution in [0.5, 0.6) is 0 Å². The van der Waals surface area contributed by atoms with Gasteiger partial charge in [0.2, 0.25) is 0 Å². The number of nitrogens with one attached hydrogen (secondary N) is 2. The molecule has 9 heteroatoms. The number of carbonyl (C=O) groups excluding carboxylic acids is 1. The number of fused-ring (bicyclic) bond motifs is 1. The van der Waals surface area contributed by atoms with Crippen molar-refractivity contribution in [1.29, 1.82) is 0 Å². The van der Waals surface area contributed by atoms with Gasteiger partial charge in [0.1, 0.15) is 5.82 Å². The highest BCUT2D eigenvalue weighted by Gasteiger charge is 2.36. The van der Waals surface area contributed by atoms with Crippen LogP contribution in [0.15, 0.2) is 41.9 Å². The van der Waals surface area contributed by atoms with Crippen LogP contribution in [0.25, 0.3) is 5.69 Å². The van der Waals surface area contributed by atoms with Gasteiger partial charge in [-0.1, -0.05) is 18.2 Å². The minimum absolute atomic E-state index is 0.0147. The molecule has 0 spiro atoms. The molecular formula is C23H28N6O2S. The third kappa shape index (κ3) is 4.28. The quantitative estimate of drug-likeness (QED) is 0.576. The number of likely N-dealkylation sites (tertiary alicyclic amines) is 1. The number of hydrogen-bond acceptors (Lipinski definition) is 6. The molecule has 8 nitrogen and oxygen atoms in total. The highest BCUT2D eigenvalue weighted by Crippen LogP contribution is 2.32. The zero-order chi connectivity index (χ0) is 21.9. The first-order chi connectivity index (χ1) is 15.7. The van der Waals surface area contributed by atoms with E-state index in [0.29, 0.717) is 6.61 Å². The van der Waals surface area contributed by atoms with E-state index in [1.54, 1.807) is 18.4 Å². The molecule has 1 aliphatic heterocycles. The third-order valence-corrected chi connectivity index (χ3v) is 7.14. The minimum atomic E-state index is -0.197. The Morgan fingerprint density at radius 2 is 2.12 bits per heavy atom. The first kappa shape index (κ1) is 21.1. The van der Waals surface area contributed by atoms with Gasteiger partial charge in [-0.3, -0.25) is 10.2 Å². The fourth-order valence-electron chi connectivity index (χ4n) is 4.69. The van der Waals surface area contributed by atoms with Crippen LogP contribution in [0, 0.1) is 0 Å². The average Bonchev–Trinajstić information content (AvgIpc) is 3.59. The number of rotatable bonds is 7. The number of urea groups is 1. The number of ether oxygens (including phenoxy) is 1. The predicted molar refractivity (Wildman–Crippen MR) is 125 cm³/mol. The number of nitrogens with zero attached hydrogens (tertiary/aromatic N) is 4. The maximum Gasteiger partial charge on any atom is 0.320 e. The van der Waals surface area contributed by atoms with Gasteiger partial charge in [0, 0.05) is 49.8 Å². The molecule has 5 rings (SSSR count). The highest BCUT2D eigenvalue weighted by molar-refractivity contribution is 7.09. The van der Waals surface area contributed by atoms with Gasteiger partial charge in [-0.25, -0.2) is 14.5 Å². The number of carbonyl (C=O) groups is 1. The van der Waals surface area contributed by atoms with Crippen LogP contribution in [-0.2, 0) is 17.6 Å². The lowest BCUT2D eigenvalue weighted by Gasteiger charge is -2.19. The summed E-state index contributed by atoms with van der Waals surface area (Å²) < 4.78 is 7.11.